The molecule has 1 aromatic heterocycles. The number of thioether (sulfide) groups is 1. The Balaban J connectivity index is 1.54. The van der Waals surface area contributed by atoms with Crippen molar-refractivity contribution in [1.29, 1.82) is 0 Å². The number of rotatable bonds is 6. The lowest BCUT2D eigenvalue weighted by atomic mass is 10.2. The van der Waals surface area contributed by atoms with E-state index in [0.717, 1.165) is 24.6 Å². The summed E-state index contributed by atoms with van der Waals surface area (Å²) in [7, 11) is 1.43. The summed E-state index contributed by atoms with van der Waals surface area (Å²) < 4.78 is 6.65. The number of nitrogens with zero attached hydrogens (tertiary/aromatic N) is 2. The fourth-order valence-electron chi connectivity index (χ4n) is 2.26. The first-order chi connectivity index (χ1) is 12.5. The molecule has 0 bridgehead atoms. The Labute approximate surface area is 157 Å². The van der Waals surface area contributed by atoms with E-state index in [9.17, 15) is 14.4 Å². The van der Waals surface area contributed by atoms with Gasteiger partial charge in [-0.1, -0.05) is 23.4 Å². The highest BCUT2D eigenvalue weighted by molar-refractivity contribution is 7.99. The topological polar surface area (TPSA) is 118 Å². The second-order valence-electron chi connectivity index (χ2n) is 5.55. The molecular formula is C15H16ClN5O4S. The van der Waals surface area contributed by atoms with Crippen molar-refractivity contribution in [2.75, 3.05) is 12.9 Å². The summed E-state index contributed by atoms with van der Waals surface area (Å²) in [6.07, 6.45) is 1.85. The Bertz CT molecular complexity index is 892. The first kappa shape index (κ1) is 18.3. The molecule has 0 radical (unpaired) electrons. The molecule has 1 aliphatic carbocycles. The van der Waals surface area contributed by atoms with Crippen LogP contribution in [0.25, 0.3) is 0 Å². The number of carbonyl (C=O) groups excluding carboxylic acids is 2. The number of aromatic nitrogens is 3. The second-order valence-corrected chi connectivity index (χ2v) is 6.93. The lowest BCUT2D eigenvalue weighted by Gasteiger charge is -2.10. The number of aromatic amines is 1. The van der Waals surface area contributed by atoms with Crippen LogP contribution in [0, 0.1) is 0 Å². The number of hydrogen-bond donors (Lipinski definition) is 3. The van der Waals surface area contributed by atoms with E-state index in [4.69, 9.17) is 16.3 Å². The van der Waals surface area contributed by atoms with Crippen LogP contribution in [-0.4, -0.2) is 39.4 Å². The van der Waals surface area contributed by atoms with Crippen molar-refractivity contribution in [3.05, 3.63) is 39.3 Å². The van der Waals surface area contributed by atoms with Crippen LogP contribution in [0.15, 0.2) is 28.2 Å². The van der Waals surface area contributed by atoms with E-state index < -0.39 is 11.8 Å². The molecule has 1 aliphatic rings. The van der Waals surface area contributed by atoms with Crippen molar-refractivity contribution in [2.45, 2.75) is 24.0 Å². The number of benzene rings is 1. The van der Waals surface area contributed by atoms with Crippen LogP contribution < -0.4 is 21.3 Å². The quantitative estimate of drug-likeness (QED) is 0.496. The average molecular weight is 398 g/mol. The molecular weight excluding hydrogens is 382 g/mol. The zero-order valence-electron chi connectivity index (χ0n) is 13.7. The monoisotopic (exact) mass is 397 g/mol. The van der Waals surface area contributed by atoms with Crippen molar-refractivity contribution < 1.29 is 14.3 Å². The third-order valence-corrected chi connectivity index (χ3v) is 4.83. The highest BCUT2D eigenvalue weighted by Crippen LogP contribution is 2.35. The normalized spacial score (nSPS) is 13.3. The highest BCUT2D eigenvalue weighted by Gasteiger charge is 2.28. The van der Waals surface area contributed by atoms with E-state index in [1.54, 1.807) is 16.7 Å². The fraction of sp³-hybridized carbons (Fsp3) is 0.333. The van der Waals surface area contributed by atoms with Gasteiger partial charge in [0.2, 0.25) is 5.91 Å². The molecule has 2 amide bonds. The van der Waals surface area contributed by atoms with Crippen molar-refractivity contribution in [2.24, 2.45) is 0 Å². The summed E-state index contributed by atoms with van der Waals surface area (Å²) in [4.78, 5) is 35.8. The molecule has 0 saturated heterocycles. The van der Waals surface area contributed by atoms with Crippen molar-refractivity contribution in [3.63, 3.8) is 0 Å². The molecule has 0 spiro atoms. The Hall–Kier alpha value is -2.46. The first-order valence-corrected chi connectivity index (χ1v) is 9.08. The van der Waals surface area contributed by atoms with Gasteiger partial charge in [-0.15, -0.1) is 5.10 Å². The van der Waals surface area contributed by atoms with Gasteiger partial charge in [-0.25, -0.2) is 9.89 Å². The zero-order chi connectivity index (χ0) is 18.7. The van der Waals surface area contributed by atoms with Crippen LogP contribution in [0.1, 0.15) is 29.2 Å². The van der Waals surface area contributed by atoms with Crippen molar-refractivity contribution in [3.8, 4) is 5.75 Å². The smallest absolute Gasteiger partial charge is 0.344 e. The maximum absolute atomic E-state index is 12.2. The Morgan fingerprint density at radius 1 is 1.42 bits per heavy atom. The standard InChI is InChI=1S/C15H16ClN5O4S/c1-25-11-5-2-8(16)6-10(11)13(23)18-17-12(22)7-26-15-20-19-14(24)21(15)9-3-4-9/h2,5-6,9H,3-4,7H2,1H3,(H,17,22)(H,18,23)(H,19,24). The highest BCUT2D eigenvalue weighted by atomic mass is 35.5. The number of ether oxygens (including phenoxy) is 1. The molecule has 0 aliphatic heterocycles. The van der Waals surface area contributed by atoms with E-state index in [0.29, 0.717) is 15.9 Å². The second kappa shape index (κ2) is 7.83. The number of H-pyrrole nitrogens is 1. The van der Waals surface area contributed by atoms with Gasteiger partial charge in [0.25, 0.3) is 5.91 Å². The predicted molar refractivity (Wildman–Crippen MR) is 95.5 cm³/mol. The summed E-state index contributed by atoms with van der Waals surface area (Å²) in [5.74, 6) is -0.677. The number of hydrogen-bond acceptors (Lipinski definition) is 6. The van der Waals surface area contributed by atoms with E-state index in [-0.39, 0.29) is 23.0 Å². The van der Waals surface area contributed by atoms with E-state index in [1.807, 2.05) is 0 Å². The summed E-state index contributed by atoms with van der Waals surface area (Å²) in [6, 6.07) is 4.75. The zero-order valence-corrected chi connectivity index (χ0v) is 15.3. The number of carbonyl (C=O) groups is 2. The van der Waals surface area contributed by atoms with Gasteiger partial charge in [0.05, 0.1) is 18.4 Å². The fourth-order valence-corrected chi connectivity index (χ4v) is 3.25. The molecule has 26 heavy (non-hydrogen) atoms. The van der Waals surface area contributed by atoms with Gasteiger partial charge < -0.3 is 4.74 Å². The molecule has 1 heterocycles. The Morgan fingerprint density at radius 3 is 2.88 bits per heavy atom. The molecule has 0 atom stereocenters. The molecule has 0 unspecified atom stereocenters. The van der Waals surface area contributed by atoms with E-state index in [2.05, 4.69) is 21.0 Å². The number of halogens is 1. The molecule has 2 aromatic rings. The number of nitrogens with one attached hydrogen (secondary N) is 3. The maximum Gasteiger partial charge on any atom is 0.344 e. The summed E-state index contributed by atoms with van der Waals surface area (Å²) in [5.41, 5.74) is 4.53. The molecule has 138 valence electrons. The minimum Gasteiger partial charge on any atom is -0.496 e. The molecule has 9 nitrogen and oxygen atoms in total. The van der Waals surface area contributed by atoms with Gasteiger partial charge in [0.15, 0.2) is 5.16 Å². The summed E-state index contributed by atoms with van der Waals surface area (Å²) in [5, 5.41) is 7.12. The maximum atomic E-state index is 12.2. The van der Waals surface area contributed by atoms with E-state index in [1.165, 1.54) is 13.2 Å². The predicted octanol–water partition coefficient (Wildman–Crippen LogP) is 1.12. The van der Waals surface area contributed by atoms with Crippen molar-refractivity contribution in [1.82, 2.24) is 25.6 Å². The van der Waals surface area contributed by atoms with Gasteiger partial charge in [-0.05, 0) is 31.0 Å². The number of methoxy groups -OCH3 is 1. The lowest BCUT2D eigenvalue weighted by molar-refractivity contribution is -0.119. The van der Waals surface area contributed by atoms with Crippen LogP contribution in [0.3, 0.4) is 0 Å². The van der Waals surface area contributed by atoms with Crippen LogP contribution in [0.4, 0.5) is 0 Å². The molecule has 1 aromatic carbocycles. The third kappa shape index (κ3) is 4.20. The Kier molecular flexibility index (Phi) is 5.52. The molecule has 3 rings (SSSR count). The number of amides is 2. The lowest BCUT2D eigenvalue weighted by Crippen LogP contribution is -2.42. The minimum absolute atomic E-state index is 0.00995. The van der Waals surface area contributed by atoms with Crippen LogP contribution >= 0.6 is 23.4 Å². The van der Waals surface area contributed by atoms with Crippen molar-refractivity contribution >= 4 is 35.2 Å². The summed E-state index contributed by atoms with van der Waals surface area (Å²) in [6.45, 7) is 0. The van der Waals surface area contributed by atoms with Gasteiger partial charge >= 0.3 is 5.69 Å². The third-order valence-electron chi connectivity index (χ3n) is 3.64. The van der Waals surface area contributed by atoms with Gasteiger partial charge in [0.1, 0.15) is 5.75 Å². The van der Waals surface area contributed by atoms with Crippen LogP contribution in [0.5, 0.6) is 5.75 Å². The van der Waals surface area contributed by atoms with Gasteiger partial charge in [-0.2, -0.15) is 0 Å². The molecule has 1 fully saturated rings. The minimum atomic E-state index is -0.558. The molecule has 11 heteroatoms. The summed E-state index contributed by atoms with van der Waals surface area (Å²) >= 11 is 6.99. The van der Waals surface area contributed by atoms with Gasteiger partial charge in [-0.3, -0.25) is 25.0 Å². The molecule has 3 N–H and O–H groups in total. The van der Waals surface area contributed by atoms with Crippen LogP contribution in [0.2, 0.25) is 5.02 Å². The molecule has 1 saturated carbocycles. The SMILES string of the molecule is COc1ccc(Cl)cc1C(=O)NNC(=O)CSc1n[nH]c(=O)n1C1CC1. The van der Waals surface area contributed by atoms with E-state index >= 15 is 0 Å². The van der Waals surface area contributed by atoms with Gasteiger partial charge in [0, 0.05) is 11.1 Å². The average Bonchev–Trinajstić information content (AvgIpc) is 3.40. The van der Waals surface area contributed by atoms with Crippen LogP contribution in [-0.2, 0) is 4.79 Å². The largest absolute Gasteiger partial charge is 0.496 e. The Morgan fingerprint density at radius 2 is 2.19 bits per heavy atom. The number of hydrazine groups is 1. The first-order valence-electron chi connectivity index (χ1n) is 7.72.